The fourth-order valence-electron chi connectivity index (χ4n) is 1.53. The molecule has 2 nitrogen and oxygen atoms in total. The van der Waals surface area contributed by atoms with Gasteiger partial charge in [-0.15, -0.1) is 0 Å². The van der Waals surface area contributed by atoms with Gasteiger partial charge in [-0.25, -0.2) is 0 Å². The summed E-state index contributed by atoms with van der Waals surface area (Å²) in [7, 11) is 0. The molecule has 0 fully saturated rings. The minimum atomic E-state index is -0.0479. The third kappa shape index (κ3) is 3.45. The van der Waals surface area contributed by atoms with Crippen LogP contribution in [-0.4, -0.2) is 5.16 Å². The van der Waals surface area contributed by atoms with Crippen LogP contribution in [0, 0.1) is 12.3 Å². The largest absolute Gasteiger partial charge is 0.360 e. The Morgan fingerprint density at radius 1 is 1.18 bits per heavy atom. The third-order valence-electron chi connectivity index (χ3n) is 3.74. The molecule has 1 aromatic rings. The highest BCUT2D eigenvalue weighted by Crippen LogP contribution is 2.32. The van der Waals surface area contributed by atoms with E-state index < -0.39 is 0 Å². The van der Waals surface area contributed by atoms with Crippen LogP contribution >= 0.6 is 0 Å². The lowest BCUT2D eigenvalue weighted by Crippen LogP contribution is -2.18. The maximum atomic E-state index is 5.42. The first kappa shape index (κ1) is 14.0. The molecule has 1 rings (SSSR count). The van der Waals surface area contributed by atoms with E-state index in [1.165, 1.54) is 0 Å². The zero-order valence-electron chi connectivity index (χ0n) is 12.0. The monoisotopic (exact) mass is 235 g/mol. The van der Waals surface area contributed by atoms with Gasteiger partial charge in [0.1, 0.15) is 5.76 Å². The van der Waals surface area contributed by atoms with E-state index in [-0.39, 0.29) is 10.8 Å². The highest BCUT2D eigenvalue weighted by Gasteiger charge is 2.27. The predicted octanol–water partition coefficient (Wildman–Crippen LogP) is 4.64. The standard InChI is InChI=1S/C15H25NO/c1-7-14(4,5)9-10-15(6,8-2)13-11-12(3)16-17-13/h9-11H,7-8H2,1-6H3/b10-9+. The Kier molecular flexibility index (Phi) is 4.18. The lowest BCUT2D eigenvalue weighted by Gasteiger charge is -2.24. The van der Waals surface area contributed by atoms with Crippen molar-refractivity contribution in [3.8, 4) is 0 Å². The predicted molar refractivity (Wildman–Crippen MR) is 72.1 cm³/mol. The summed E-state index contributed by atoms with van der Waals surface area (Å²) in [4.78, 5) is 0. The lowest BCUT2D eigenvalue weighted by molar-refractivity contribution is 0.325. The third-order valence-corrected chi connectivity index (χ3v) is 3.74. The number of rotatable bonds is 5. The smallest absolute Gasteiger partial charge is 0.146 e. The average molecular weight is 235 g/mol. The van der Waals surface area contributed by atoms with Gasteiger partial charge in [0.2, 0.25) is 0 Å². The summed E-state index contributed by atoms with van der Waals surface area (Å²) in [5.74, 6) is 0.959. The summed E-state index contributed by atoms with van der Waals surface area (Å²) in [6, 6.07) is 2.03. The van der Waals surface area contributed by atoms with Crippen molar-refractivity contribution in [1.82, 2.24) is 5.16 Å². The van der Waals surface area contributed by atoms with Crippen molar-refractivity contribution in [3.05, 3.63) is 29.7 Å². The number of nitrogens with zero attached hydrogens (tertiary/aromatic N) is 1. The van der Waals surface area contributed by atoms with Crippen LogP contribution in [0.5, 0.6) is 0 Å². The Bertz CT molecular complexity index is 389. The van der Waals surface area contributed by atoms with Gasteiger partial charge >= 0.3 is 0 Å². The summed E-state index contributed by atoms with van der Waals surface area (Å²) < 4.78 is 5.42. The number of allylic oxidation sites excluding steroid dienone is 2. The Morgan fingerprint density at radius 3 is 2.24 bits per heavy atom. The molecule has 0 spiro atoms. The average Bonchev–Trinajstić information content (AvgIpc) is 2.73. The van der Waals surface area contributed by atoms with Gasteiger partial charge < -0.3 is 4.52 Å². The van der Waals surface area contributed by atoms with E-state index in [4.69, 9.17) is 4.52 Å². The van der Waals surface area contributed by atoms with E-state index >= 15 is 0 Å². The molecule has 0 aliphatic carbocycles. The fraction of sp³-hybridized carbons (Fsp3) is 0.667. The molecule has 17 heavy (non-hydrogen) atoms. The fourth-order valence-corrected chi connectivity index (χ4v) is 1.53. The molecule has 0 aliphatic heterocycles. The van der Waals surface area contributed by atoms with Crippen molar-refractivity contribution in [2.45, 2.75) is 59.8 Å². The van der Waals surface area contributed by atoms with Crippen LogP contribution < -0.4 is 0 Å². The molecule has 0 saturated heterocycles. The van der Waals surface area contributed by atoms with Crippen LogP contribution in [0.3, 0.4) is 0 Å². The highest BCUT2D eigenvalue weighted by atomic mass is 16.5. The highest BCUT2D eigenvalue weighted by molar-refractivity contribution is 5.22. The minimum absolute atomic E-state index is 0.0479. The maximum Gasteiger partial charge on any atom is 0.146 e. The summed E-state index contributed by atoms with van der Waals surface area (Å²) >= 11 is 0. The topological polar surface area (TPSA) is 26.0 Å². The van der Waals surface area contributed by atoms with Gasteiger partial charge in [0.15, 0.2) is 0 Å². The summed E-state index contributed by atoms with van der Waals surface area (Å²) in [5.41, 5.74) is 1.14. The molecule has 0 saturated carbocycles. The van der Waals surface area contributed by atoms with E-state index in [0.717, 1.165) is 24.3 Å². The quantitative estimate of drug-likeness (QED) is 0.695. The maximum absolute atomic E-state index is 5.42. The first-order chi connectivity index (χ1) is 7.83. The molecule has 1 aromatic heterocycles. The zero-order chi connectivity index (χ0) is 13.1. The van der Waals surface area contributed by atoms with E-state index in [1.54, 1.807) is 0 Å². The molecular formula is C15H25NO. The normalized spacial score (nSPS) is 16.4. The van der Waals surface area contributed by atoms with Gasteiger partial charge in [-0.3, -0.25) is 0 Å². The Labute approximate surface area is 105 Å². The van der Waals surface area contributed by atoms with Crippen molar-refractivity contribution in [1.29, 1.82) is 0 Å². The minimum Gasteiger partial charge on any atom is -0.360 e. The van der Waals surface area contributed by atoms with Crippen molar-refractivity contribution >= 4 is 0 Å². The zero-order valence-corrected chi connectivity index (χ0v) is 12.0. The van der Waals surface area contributed by atoms with Crippen LogP contribution in [-0.2, 0) is 5.41 Å². The Hall–Kier alpha value is -1.05. The molecule has 0 N–H and O–H groups in total. The van der Waals surface area contributed by atoms with E-state index in [9.17, 15) is 0 Å². The van der Waals surface area contributed by atoms with Gasteiger partial charge in [0, 0.05) is 11.5 Å². The SMILES string of the molecule is CCC(C)(C)/C=C/C(C)(CC)c1cc(C)no1. The molecular weight excluding hydrogens is 210 g/mol. The van der Waals surface area contributed by atoms with Crippen LogP contribution in [0.25, 0.3) is 0 Å². The Balaban J connectivity index is 2.98. The Morgan fingerprint density at radius 2 is 1.82 bits per heavy atom. The number of aromatic nitrogens is 1. The van der Waals surface area contributed by atoms with Crippen molar-refractivity contribution in [3.63, 3.8) is 0 Å². The first-order valence-electron chi connectivity index (χ1n) is 6.47. The molecule has 0 bridgehead atoms. The molecule has 0 amide bonds. The molecule has 1 unspecified atom stereocenters. The van der Waals surface area contributed by atoms with E-state index in [1.807, 2.05) is 13.0 Å². The number of hydrogen-bond donors (Lipinski definition) is 0. The summed E-state index contributed by atoms with van der Waals surface area (Å²) in [6.07, 6.45) is 6.72. The van der Waals surface area contributed by atoms with Crippen molar-refractivity contribution in [2.75, 3.05) is 0 Å². The molecule has 0 aliphatic rings. The summed E-state index contributed by atoms with van der Waals surface area (Å²) in [5, 5.41) is 3.99. The van der Waals surface area contributed by atoms with E-state index in [2.05, 4.69) is 51.9 Å². The van der Waals surface area contributed by atoms with E-state index in [0.29, 0.717) is 0 Å². The number of aryl methyl sites for hydroxylation is 1. The first-order valence-corrected chi connectivity index (χ1v) is 6.47. The van der Waals surface area contributed by atoms with Crippen LogP contribution in [0.4, 0.5) is 0 Å². The lowest BCUT2D eigenvalue weighted by atomic mass is 9.80. The van der Waals surface area contributed by atoms with Gasteiger partial charge in [-0.05, 0) is 32.1 Å². The molecule has 2 heteroatoms. The van der Waals surface area contributed by atoms with Crippen LogP contribution in [0.15, 0.2) is 22.7 Å². The van der Waals surface area contributed by atoms with Crippen molar-refractivity contribution in [2.24, 2.45) is 5.41 Å². The number of hydrogen-bond acceptors (Lipinski definition) is 2. The summed E-state index contributed by atoms with van der Waals surface area (Å²) in [6.45, 7) is 13.1. The van der Waals surface area contributed by atoms with Gasteiger partial charge in [0.25, 0.3) is 0 Å². The molecule has 1 atom stereocenters. The van der Waals surface area contributed by atoms with Gasteiger partial charge in [-0.1, -0.05) is 45.0 Å². The second-order valence-electron chi connectivity index (χ2n) is 5.78. The second kappa shape index (κ2) is 5.07. The van der Waals surface area contributed by atoms with Crippen LogP contribution in [0.1, 0.15) is 58.9 Å². The molecule has 0 radical (unpaired) electrons. The molecule has 96 valence electrons. The van der Waals surface area contributed by atoms with Gasteiger partial charge in [-0.2, -0.15) is 0 Å². The van der Waals surface area contributed by atoms with Crippen LogP contribution in [0.2, 0.25) is 0 Å². The van der Waals surface area contributed by atoms with Gasteiger partial charge in [0.05, 0.1) is 5.69 Å². The molecule has 1 heterocycles. The second-order valence-corrected chi connectivity index (χ2v) is 5.78. The van der Waals surface area contributed by atoms with Crippen molar-refractivity contribution < 1.29 is 4.52 Å². The molecule has 0 aromatic carbocycles.